The lowest BCUT2D eigenvalue weighted by atomic mass is 10.5. The van der Waals surface area contributed by atoms with E-state index in [2.05, 4.69) is 0 Å². The summed E-state index contributed by atoms with van der Waals surface area (Å²) in [4.78, 5) is 10.1. The second-order valence-corrected chi connectivity index (χ2v) is 2.24. The molecule has 0 aromatic heterocycles. The first-order valence-corrected chi connectivity index (χ1v) is 2.67. The lowest BCUT2D eigenvalue weighted by Gasteiger charge is -1.75. The third-order valence-corrected chi connectivity index (χ3v) is 1.40. The van der Waals surface area contributed by atoms with Gasteiger partial charge in [0.15, 0.2) is 10.3 Å². The van der Waals surface area contributed by atoms with Crippen molar-refractivity contribution in [3.05, 3.63) is 11.2 Å². The molecule has 0 N–H and O–H groups in total. The molecule has 0 spiro atoms. The molecule has 1 rings (SSSR count). The van der Waals surface area contributed by atoms with Crippen LogP contribution in [0.1, 0.15) is 6.42 Å². The van der Waals surface area contributed by atoms with Crippen molar-refractivity contribution >= 4 is 16.9 Å². The van der Waals surface area contributed by atoms with E-state index in [1.165, 1.54) is 6.08 Å². The van der Waals surface area contributed by atoms with Crippen LogP contribution in [0.4, 0.5) is 4.39 Å². The summed E-state index contributed by atoms with van der Waals surface area (Å²) in [6.07, 6.45) is 1.55. The zero-order valence-electron chi connectivity index (χ0n) is 3.48. The first-order chi connectivity index (χ1) is 3.29. The second-order valence-electron chi connectivity index (χ2n) is 1.19. The highest BCUT2D eigenvalue weighted by atomic mass is 32.2. The summed E-state index contributed by atoms with van der Waals surface area (Å²) in [5.74, 6) is 0. The van der Waals surface area contributed by atoms with Crippen LogP contribution in [0.15, 0.2) is 11.2 Å². The molecular formula is C4H3FOS. The highest BCUT2D eigenvalue weighted by molar-refractivity contribution is 8.17. The Hall–Kier alpha value is -0.310. The van der Waals surface area contributed by atoms with Crippen molar-refractivity contribution in [2.24, 2.45) is 0 Å². The van der Waals surface area contributed by atoms with Gasteiger partial charge in [-0.25, -0.2) is 0 Å². The van der Waals surface area contributed by atoms with E-state index in [1.807, 2.05) is 0 Å². The van der Waals surface area contributed by atoms with E-state index in [9.17, 15) is 9.18 Å². The van der Waals surface area contributed by atoms with Crippen LogP contribution in [0, 0.1) is 0 Å². The van der Waals surface area contributed by atoms with Gasteiger partial charge in [-0.2, -0.15) is 4.39 Å². The molecule has 0 amide bonds. The second kappa shape index (κ2) is 1.66. The molecule has 0 saturated carbocycles. The van der Waals surface area contributed by atoms with Crippen molar-refractivity contribution in [2.45, 2.75) is 6.42 Å². The highest BCUT2D eigenvalue weighted by Crippen LogP contribution is 2.26. The number of hydrogen-bond donors (Lipinski definition) is 0. The van der Waals surface area contributed by atoms with Crippen LogP contribution in [0.25, 0.3) is 0 Å². The summed E-state index contributed by atoms with van der Waals surface area (Å²) < 4.78 is 11.8. The molecule has 1 heterocycles. The van der Waals surface area contributed by atoms with Gasteiger partial charge in [-0.1, -0.05) is 0 Å². The molecule has 7 heavy (non-hydrogen) atoms. The minimum absolute atomic E-state index is 0.0995. The summed E-state index contributed by atoms with van der Waals surface area (Å²) in [5.41, 5.74) is 0. The third-order valence-electron chi connectivity index (χ3n) is 0.641. The average Bonchev–Trinajstić information content (AvgIpc) is 1.87. The van der Waals surface area contributed by atoms with Gasteiger partial charge in [-0.15, -0.1) is 0 Å². The smallest absolute Gasteiger partial charge is 0.199 e. The van der Waals surface area contributed by atoms with Crippen molar-refractivity contribution in [2.75, 3.05) is 0 Å². The molecular weight excluding hydrogens is 115 g/mol. The lowest BCUT2D eigenvalue weighted by Crippen LogP contribution is -1.76. The fraction of sp³-hybridized carbons (Fsp3) is 0.250. The van der Waals surface area contributed by atoms with Crippen LogP contribution >= 0.6 is 11.8 Å². The van der Waals surface area contributed by atoms with Crippen LogP contribution in [0.3, 0.4) is 0 Å². The fourth-order valence-electron chi connectivity index (χ4n) is 0.356. The van der Waals surface area contributed by atoms with Gasteiger partial charge < -0.3 is 0 Å². The van der Waals surface area contributed by atoms with E-state index in [4.69, 9.17) is 0 Å². The van der Waals surface area contributed by atoms with Gasteiger partial charge in [0.2, 0.25) is 0 Å². The Labute approximate surface area is 44.6 Å². The Kier molecular flexibility index (Phi) is 1.15. The zero-order chi connectivity index (χ0) is 5.28. The van der Waals surface area contributed by atoms with Crippen LogP contribution < -0.4 is 0 Å². The van der Waals surface area contributed by atoms with Crippen molar-refractivity contribution in [1.82, 2.24) is 0 Å². The predicted molar refractivity (Wildman–Crippen MR) is 26.4 cm³/mol. The molecule has 3 heteroatoms. The fourth-order valence-corrected chi connectivity index (χ4v) is 0.906. The quantitative estimate of drug-likeness (QED) is 0.479. The monoisotopic (exact) mass is 118 g/mol. The zero-order valence-corrected chi connectivity index (χ0v) is 4.30. The Bertz CT molecular complexity index is 130. The molecule has 1 aliphatic rings. The molecule has 1 nitrogen and oxygen atoms in total. The minimum atomic E-state index is -0.356. The topological polar surface area (TPSA) is 17.1 Å². The average molecular weight is 118 g/mol. The Morgan fingerprint density at radius 1 is 1.86 bits per heavy atom. The van der Waals surface area contributed by atoms with Crippen LogP contribution in [-0.2, 0) is 4.79 Å². The molecule has 0 atom stereocenters. The lowest BCUT2D eigenvalue weighted by molar-refractivity contribution is -0.110. The molecule has 0 bridgehead atoms. The Morgan fingerprint density at radius 2 is 2.57 bits per heavy atom. The van der Waals surface area contributed by atoms with Gasteiger partial charge >= 0.3 is 0 Å². The number of halogens is 1. The molecule has 0 fully saturated rings. The third kappa shape index (κ3) is 1.03. The number of carbonyl (C=O) groups excluding carboxylic acids is 1. The molecule has 0 saturated heterocycles. The van der Waals surface area contributed by atoms with Crippen LogP contribution in [-0.4, -0.2) is 5.12 Å². The van der Waals surface area contributed by atoms with E-state index < -0.39 is 0 Å². The van der Waals surface area contributed by atoms with Crippen LogP contribution in [0.5, 0.6) is 0 Å². The van der Waals surface area contributed by atoms with E-state index in [0.29, 0.717) is 11.8 Å². The number of carbonyl (C=O) groups is 1. The van der Waals surface area contributed by atoms with E-state index in [-0.39, 0.29) is 16.7 Å². The number of rotatable bonds is 0. The maximum atomic E-state index is 11.8. The van der Waals surface area contributed by atoms with Gasteiger partial charge in [-0.05, 0) is 17.8 Å². The van der Waals surface area contributed by atoms with E-state index in [0.717, 1.165) is 0 Å². The first kappa shape index (κ1) is 4.84. The summed E-state index contributed by atoms with van der Waals surface area (Å²) in [6, 6.07) is 0. The van der Waals surface area contributed by atoms with Gasteiger partial charge in [0.05, 0.1) is 0 Å². The number of thioether (sulfide) groups is 1. The van der Waals surface area contributed by atoms with Crippen LogP contribution in [0.2, 0.25) is 0 Å². The first-order valence-electron chi connectivity index (χ1n) is 1.85. The molecule has 0 aromatic carbocycles. The van der Waals surface area contributed by atoms with E-state index >= 15 is 0 Å². The summed E-state index contributed by atoms with van der Waals surface area (Å²) in [6.45, 7) is 0. The molecule has 1 aliphatic heterocycles. The molecule has 0 unspecified atom stereocenters. The van der Waals surface area contributed by atoms with Crippen molar-refractivity contribution in [3.63, 3.8) is 0 Å². The molecule has 38 valence electrons. The van der Waals surface area contributed by atoms with Gasteiger partial charge in [0, 0.05) is 6.42 Å². The Morgan fingerprint density at radius 3 is 2.71 bits per heavy atom. The van der Waals surface area contributed by atoms with Gasteiger partial charge in [0.1, 0.15) is 0 Å². The number of allylic oxidation sites excluding steroid dienone is 1. The maximum Gasteiger partial charge on any atom is 0.199 e. The Balaban J connectivity index is 2.58. The van der Waals surface area contributed by atoms with Crippen molar-refractivity contribution < 1.29 is 9.18 Å². The standard InChI is InChI=1S/C4H3FOS/c5-3-1-2-4(6)7-3/h1H,2H2. The van der Waals surface area contributed by atoms with Crippen molar-refractivity contribution in [3.8, 4) is 0 Å². The maximum absolute atomic E-state index is 11.8. The van der Waals surface area contributed by atoms with Gasteiger partial charge in [-0.3, -0.25) is 4.79 Å². The SMILES string of the molecule is O=C1CC=C(F)S1. The summed E-state index contributed by atoms with van der Waals surface area (Å²) in [5, 5.41) is -0.456. The molecule has 0 aromatic rings. The number of hydrogen-bond acceptors (Lipinski definition) is 2. The molecule has 0 radical (unpaired) electrons. The minimum Gasteiger partial charge on any atom is -0.286 e. The van der Waals surface area contributed by atoms with E-state index in [1.54, 1.807) is 0 Å². The predicted octanol–water partition coefficient (Wildman–Crippen LogP) is 1.46. The summed E-state index contributed by atoms with van der Waals surface area (Å²) >= 11 is 0.676. The molecule has 0 aliphatic carbocycles. The normalized spacial score (nSPS) is 20.1. The van der Waals surface area contributed by atoms with Crippen molar-refractivity contribution in [1.29, 1.82) is 0 Å². The van der Waals surface area contributed by atoms with Gasteiger partial charge in [0.25, 0.3) is 0 Å². The summed E-state index contributed by atoms with van der Waals surface area (Å²) in [7, 11) is 0. The largest absolute Gasteiger partial charge is 0.286 e. The highest BCUT2D eigenvalue weighted by Gasteiger charge is 2.11.